The summed E-state index contributed by atoms with van der Waals surface area (Å²) in [6, 6.07) is 10.4. The third-order valence-electron chi connectivity index (χ3n) is 3.85. The van der Waals surface area contributed by atoms with Crippen molar-refractivity contribution in [1.29, 1.82) is 0 Å². The second kappa shape index (κ2) is 6.30. The molecule has 0 atom stereocenters. The van der Waals surface area contributed by atoms with E-state index >= 15 is 0 Å². The van der Waals surface area contributed by atoms with Crippen LogP contribution in [0.5, 0.6) is 0 Å². The highest BCUT2D eigenvalue weighted by atomic mass is 32.1. The lowest BCUT2D eigenvalue weighted by Crippen LogP contribution is -2.11. The van der Waals surface area contributed by atoms with E-state index in [1.54, 1.807) is 13.0 Å². The first kappa shape index (κ1) is 16.3. The number of rotatable bonds is 3. The Morgan fingerprint density at radius 1 is 1.15 bits per heavy atom. The molecular weight excluding hydrogens is 360 g/mol. The van der Waals surface area contributed by atoms with Crippen LogP contribution < -0.4 is 5.32 Å². The number of anilines is 1. The highest BCUT2D eigenvalue weighted by molar-refractivity contribution is 7.18. The summed E-state index contributed by atoms with van der Waals surface area (Å²) in [6.45, 7) is 1.79. The predicted octanol–water partition coefficient (Wildman–Crippen LogP) is 4.79. The largest absolute Gasteiger partial charge is 0.451 e. The Bertz CT molecular complexity index is 1140. The Kier molecular flexibility index (Phi) is 3.96. The van der Waals surface area contributed by atoms with Crippen LogP contribution in [0.2, 0.25) is 0 Å². The SMILES string of the molecule is Cc1c(C(=O)Nc2nnc(-c3cc(F)ccc3F)s2)oc2ccccc12. The summed E-state index contributed by atoms with van der Waals surface area (Å²) in [4.78, 5) is 12.5. The minimum absolute atomic E-state index is 0.0112. The summed E-state index contributed by atoms with van der Waals surface area (Å²) in [5.41, 5.74) is 1.30. The minimum Gasteiger partial charge on any atom is -0.451 e. The Hall–Kier alpha value is -3.13. The van der Waals surface area contributed by atoms with Gasteiger partial charge >= 0.3 is 0 Å². The lowest BCUT2D eigenvalue weighted by Gasteiger charge is -1.99. The van der Waals surface area contributed by atoms with Gasteiger partial charge < -0.3 is 4.42 Å². The number of amides is 1. The molecule has 0 radical (unpaired) electrons. The van der Waals surface area contributed by atoms with E-state index in [-0.39, 0.29) is 21.5 Å². The van der Waals surface area contributed by atoms with Crippen molar-refractivity contribution in [2.24, 2.45) is 0 Å². The van der Waals surface area contributed by atoms with Crippen LogP contribution in [0.4, 0.5) is 13.9 Å². The molecule has 26 heavy (non-hydrogen) atoms. The van der Waals surface area contributed by atoms with Crippen molar-refractivity contribution in [3.63, 3.8) is 0 Å². The van der Waals surface area contributed by atoms with Crippen LogP contribution in [0.1, 0.15) is 16.1 Å². The fourth-order valence-electron chi connectivity index (χ4n) is 2.59. The fourth-order valence-corrected chi connectivity index (χ4v) is 3.35. The van der Waals surface area contributed by atoms with Crippen LogP contribution >= 0.6 is 11.3 Å². The fraction of sp³-hybridized carbons (Fsp3) is 0.0556. The van der Waals surface area contributed by atoms with Crippen molar-refractivity contribution in [2.45, 2.75) is 6.92 Å². The van der Waals surface area contributed by atoms with Gasteiger partial charge in [-0.1, -0.05) is 29.5 Å². The second-order valence-electron chi connectivity index (χ2n) is 5.54. The lowest BCUT2D eigenvalue weighted by molar-refractivity contribution is 0.0998. The Morgan fingerprint density at radius 3 is 2.77 bits per heavy atom. The summed E-state index contributed by atoms with van der Waals surface area (Å²) in [6.07, 6.45) is 0. The summed E-state index contributed by atoms with van der Waals surface area (Å²) in [5.74, 6) is -1.52. The predicted molar refractivity (Wildman–Crippen MR) is 94.2 cm³/mol. The van der Waals surface area contributed by atoms with Crippen molar-refractivity contribution in [2.75, 3.05) is 5.32 Å². The zero-order chi connectivity index (χ0) is 18.3. The van der Waals surface area contributed by atoms with Gasteiger partial charge in [-0.15, -0.1) is 10.2 Å². The summed E-state index contributed by atoms with van der Waals surface area (Å²) >= 11 is 0.942. The van der Waals surface area contributed by atoms with Gasteiger partial charge in [0, 0.05) is 10.9 Å². The molecule has 2 aromatic heterocycles. The van der Waals surface area contributed by atoms with Gasteiger partial charge in [0.1, 0.15) is 17.2 Å². The Balaban J connectivity index is 1.61. The molecule has 4 rings (SSSR count). The van der Waals surface area contributed by atoms with Crippen LogP contribution in [-0.2, 0) is 0 Å². The summed E-state index contributed by atoms with van der Waals surface area (Å²) < 4.78 is 32.8. The van der Waals surface area contributed by atoms with E-state index in [0.29, 0.717) is 11.1 Å². The van der Waals surface area contributed by atoms with Crippen molar-refractivity contribution < 1.29 is 18.0 Å². The first-order valence-corrected chi connectivity index (χ1v) is 8.43. The summed E-state index contributed by atoms with van der Waals surface area (Å²) in [5, 5.41) is 11.4. The molecule has 0 saturated carbocycles. The number of aryl methyl sites for hydroxylation is 1. The van der Waals surface area contributed by atoms with Crippen LogP contribution in [0, 0.1) is 18.6 Å². The molecule has 2 aromatic carbocycles. The van der Waals surface area contributed by atoms with Gasteiger partial charge in [0.2, 0.25) is 5.13 Å². The van der Waals surface area contributed by atoms with Gasteiger partial charge in [-0.2, -0.15) is 0 Å². The maximum atomic E-state index is 13.8. The normalized spacial score (nSPS) is 11.0. The summed E-state index contributed by atoms with van der Waals surface area (Å²) in [7, 11) is 0. The van der Waals surface area contributed by atoms with E-state index in [1.807, 2.05) is 18.2 Å². The zero-order valence-electron chi connectivity index (χ0n) is 13.4. The first-order valence-electron chi connectivity index (χ1n) is 7.61. The second-order valence-corrected chi connectivity index (χ2v) is 6.52. The third-order valence-corrected chi connectivity index (χ3v) is 4.73. The Labute approximate surface area is 150 Å². The molecule has 0 unspecified atom stereocenters. The molecule has 1 amide bonds. The molecule has 0 fully saturated rings. The average molecular weight is 371 g/mol. The van der Waals surface area contributed by atoms with Crippen LogP contribution in [0.25, 0.3) is 21.5 Å². The third kappa shape index (κ3) is 2.84. The average Bonchev–Trinajstić information content (AvgIpc) is 3.22. The molecule has 0 bridgehead atoms. The number of carbonyl (C=O) groups is 1. The molecule has 8 heteroatoms. The van der Waals surface area contributed by atoms with E-state index in [2.05, 4.69) is 15.5 Å². The van der Waals surface area contributed by atoms with Gasteiger partial charge in [-0.3, -0.25) is 10.1 Å². The van der Waals surface area contributed by atoms with E-state index in [9.17, 15) is 13.6 Å². The molecule has 4 aromatic rings. The number of para-hydroxylation sites is 1. The molecular formula is C18H11F2N3O2S. The molecule has 0 saturated heterocycles. The standard InChI is InChI=1S/C18H11F2N3O2S/c1-9-11-4-2-3-5-14(11)25-15(9)16(24)21-18-23-22-17(26-18)12-8-10(19)6-7-13(12)20/h2-8H,1H3,(H,21,23,24). The van der Waals surface area contributed by atoms with Crippen molar-refractivity contribution in [1.82, 2.24) is 10.2 Å². The number of nitrogens with zero attached hydrogens (tertiary/aromatic N) is 2. The monoisotopic (exact) mass is 371 g/mol. The van der Waals surface area contributed by atoms with Crippen molar-refractivity contribution >= 4 is 33.3 Å². The molecule has 5 nitrogen and oxygen atoms in total. The number of furan rings is 1. The number of hydrogen-bond acceptors (Lipinski definition) is 5. The quantitative estimate of drug-likeness (QED) is 0.562. The Morgan fingerprint density at radius 2 is 1.96 bits per heavy atom. The van der Waals surface area contributed by atoms with E-state index in [1.165, 1.54) is 0 Å². The minimum atomic E-state index is -0.617. The van der Waals surface area contributed by atoms with Crippen molar-refractivity contribution in [3.05, 3.63) is 65.4 Å². The smallest absolute Gasteiger partial charge is 0.293 e. The van der Waals surface area contributed by atoms with Gasteiger partial charge in [0.25, 0.3) is 5.91 Å². The number of aromatic nitrogens is 2. The number of halogens is 2. The molecule has 0 aliphatic rings. The molecule has 0 aliphatic heterocycles. The van der Waals surface area contributed by atoms with Gasteiger partial charge in [0.05, 0.1) is 5.56 Å². The highest BCUT2D eigenvalue weighted by Gasteiger charge is 2.20. The molecule has 2 heterocycles. The molecule has 1 N–H and O–H groups in total. The zero-order valence-corrected chi connectivity index (χ0v) is 14.2. The highest BCUT2D eigenvalue weighted by Crippen LogP contribution is 2.30. The molecule has 130 valence electrons. The van der Waals surface area contributed by atoms with Crippen LogP contribution in [0.3, 0.4) is 0 Å². The number of benzene rings is 2. The van der Waals surface area contributed by atoms with Crippen molar-refractivity contribution in [3.8, 4) is 10.6 Å². The van der Waals surface area contributed by atoms with Crippen LogP contribution in [0.15, 0.2) is 46.9 Å². The van der Waals surface area contributed by atoms with Gasteiger partial charge in [-0.05, 0) is 31.2 Å². The molecule has 0 spiro atoms. The first-order chi connectivity index (χ1) is 12.5. The maximum Gasteiger partial charge on any atom is 0.293 e. The topological polar surface area (TPSA) is 68.0 Å². The number of fused-ring (bicyclic) bond motifs is 1. The van der Waals surface area contributed by atoms with Gasteiger partial charge in [0.15, 0.2) is 10.8 Å². The number of hydrogen-bond donors (Lipinski definition) is 1. The van der Waals surface area contributed by atoms with Crippen LogP contribution in [-0.4, -0.2) is 16.1 Å². The van der Waals surface area contributed by atoms with Gasteiger partial charge in [-0.25, -0.2) is 8.78 Å². The number of nitrogens with one attached hydrogen (secondary N) is 1. The maximum absolute atomic E-state index is 13.8. The lowest BCUT2D eigenvalue weighted by atomic mass is 10.1. The molecule has 0 aliphatic carbocycles. The van der Waals surface area contributed by atoms with E-state index in [4.69, 9.17) is 4.42 Å². The van der Waals surface area contributed by atoms with E-state index < -0.39 is 17.5 Å². The van der Waals surface area contributed by atoms with E-state index in [0.717, 1.165) is 34.9 Å². The number of carbonyl (C=O) groups excluding carboxylic acids is 1.